The van der Waals surface area contributed by atoms with Crippen molar-refractivity contribution in [2.24, 2.45) is 0 Å². The number of unbranched alkanes of at least 4 members (excludes halogenated alkanes) is 2. The van der Waals surface area contributed by atoms with E-state index in [0.717, 1.165) is 47.4 Å². The topological polar surface area (TPSA) is 58.2 Å². The van der Waals surface area contributed by atoms with E-state index < -0.39 is 0 Å². The van der Waals surface area contributed by atoms with Gasteiger partial charge in [-0.15, -0.1) is 0 Å². The minimum atomic E-state index is -0.205. The van der Waals surface area contributed by atoms with Gasteiger partial charge in [-0.05, 0) is 48.4 Å². The quantitative estimate of drug-likeness (QED) is 0.526. The van der Waals surface area contributed by atoms with Gasteiger partial charge < -0.3 is 9.64 Å². The molecular weight excluding hydrogens is 386 g/mol. The number of benzene rings is 2. The van der Waals surface area contributed by atoms with Crippen LogP contribution < -0.4 is 4.74 Å². The zero-order valence-corrected chi connectivity index (χ0v) is 17.4. The lowest BCUT2D eigenvalue weighted by molar-refractivity contribution is 0.0740. The summed E-state index contributed by atoms with van der Waals surface area (Å²) in [4.78, 5) is 15.1. The minimum absolute atomic E-state index is 0.00617. The first-order valence-corrected chi connectivity index (χ1v) is 10.3. The third kappa shape index (κ3) is 3.62. The van der Waals surface area contributed by atoms with Gasteiger partial charge in [0.2, 0.25) is 0 Å². The second-order valence-electron chi connectivity index (χ2n) is 7.25. The fraction of sp³-hybridized carbons (Fsp3) is 0.304. The van der Waals surface area contributed by atoms with E-state index in [4.69, 9.17) is 16.3 Å². The lowest BCUT2D eigenvalue weighted by atomic mass is 9.96. The first-order valence-electron chi connectivity index (χ1n) is 9.93. The Morgan fingerprint density at radius 1 is 1.17 bits per heavy atom. The molecule has 6 heteroatoms. The number of carbonyl (C=O) groups excluding carboxylic acids is 1. The molecule has 150 valence electrons. The summed E-state index contributed by atoms with van der Waals surface area (Å²) in [5.74, 6) is 0.776. The Hall–Kier alpha value is -2.79. The monoisotopic (exact) mass is 409 g/mol. The normalized spacial score (nSPS) is 15.6. The first-order chi connectivity index (χ1) is 14.1. The Bertz CT molecular complexity index is 1010. The van der Waals surface area contributed by atoms with Crippen LogP contribution in [0.1, 0.15) is 53.8 Å². The predicted octanol–water partition coefficient (Wildman–Crippen LogP) is 5.47. The van der Waals surface area contributed by atoms with E-state index in [1.807, 2.05) is 53.4 Å². The molecule has 0 radical (unpaired) electrons. The van der Waals surface area contributed by atoms with E-state index in [1.165, 1.54) is 0 Å². The molecule has 0 fully saturated rings. The summed E-state index contributed by atoms with van der Waals surface area (Å²) in [6.07, 6.45) is 3.16. The van der Waals surface area contributed by atoms with Crippen molar-refractivity contribution in [1.29, 1.82) is 0 Å². The summed E-state index contributed by atoms with van der Waals surface area (Å²) in [7, 11) is 1.64. The fourth-order valence-electron chi connectivity index (χ4n) is 3.95. The number of amides is 1. The van der Waals surface area contributed by atoms with E-state index in [2.05, 4.69) is 17.1 Å². The predicted molar refractivity (Wildman–Crippen MR) is 114 cm³/mol. The van der Waals surface area contributed by atoms with E-state index in [9.17, 15) is 4.79 Å². The third-order valence-corrected chi connectivity index (χ3v) is 5.63. The summed E-state index contributed by atoms with van der Waals surface area (Å²) in [6.45, 7) is 2.86. The van der Waals surface area contributed by atoms with Crippen LogP contribution >= 0.6 is 11.6 Å². The third-order valence-electron chi connectivity index (χ3n) is 5.39. The van der Waals surface area contributed by atoms with Gasteiger partial charge in [0.15, 0.2) is 0 Å². The van der Waals surface area contributed by atoms with Gasteiger partial charge in [0.05, 0.1) is 18.8 Å². The van der Waals surface area contributed by atoms with Crippen LogP contribution in [0.2, 0.25) is 5.02 Å². The Morgan fingerprint density at radius 3 is 2.66 bits per heavy atom. The standard InChI is InChI=1S/C23H24ClN3O2/c1-3-4-5-13-27-22(16-7-6-8-17(24)14-16)19-20(25-26-21(19)23(27)28)15-9-11-18(29-2)12-10-15/h6-12,14,22H,3-5,13H2,1-2H3,(H,25,26). The maximum Gasteiger partial charge on any atom is 0.273 e. The number of nitrogens with one attached hydrogen (secondary N) is 1. The Morgan fingerprint density at radius 2 is 1.97 bits per heavy atom. The number of hydrogen-bond acceptors (Lipinski definition) is 3. The van der Waals surface area contributed by atoms with Gasteiger partial charge in [-0.3, -0.25) is 9.89 Å². The zero-order valence-electron chi connectivity index (χ0n) is 16.6. The summed E-state index contributed by atoms with van der Waals surface area (Å²) in [5, 5.41) is 8.15. The lowest BCUT2D eigenvalue weighted by Gasteiger charge is -2.26. The SMILES string of the molecule is CCCCCN1C(=O)c2[nH]nc(-c3ccc(OC)cc3)c2C1c1cccc(Cl)c1. The van der Waals surface area contributed by atoms with Gasteiger partial charge in [-0.2, -0.15) is 5.10 Å². The average Bonchev–Trinajstić information content (AvgIpc) is 3.28. The van der Waals surface area contributed by atoms with Crippen LogP contribution in [0.4, 0.5) is 0 Å². The fourth-order valence-corrected chi connectivity index (χ4v) is 4.15. The Labute approximate surface area is 175 Å². The Balaban J connectivity index is 1.80. The minimum Gasteiger partial charge on any atom is -0.497 e. The van der Waals surface area contributed by atoms with Crippen molar-refractivity contribution in [2.75, 3.05) is 13.7 Å². The molecule has 0 spiro atoms. The molecular formula is C23H24ClN3O2. The molecule has 0 aliphatic carbocycles. The largest absolute Gasteiger partial charge is 0.497 e. The molecule has 1 amide bonds. The van der Waals surface area contributed by atoms with E-state index in [-0.39, 0.29) is 11.9 Å². The first kappa shape index (κ1) is 19.5. The molecule has 2 aromatic carbocycles. The number of fused-ring (bicyclic) bond motifs is 1. The molecule has 5 nitrogen and oxygen atoms in total. The highest BCUT2D eigenvalue weighted by Crippen LogP contribution is 2.43. The maximum absolute atomic E-state index is 13.2. The molecule has 2 heterocycles. The number of hydrogen-bond donors (Lipinski definition) is 1. The second kappa shape index (κ2) is 8.29. The lowest BCUT2D eigenvalue weighted by Crippen LogP contribution is -2.30. The van der Waals surface area contributed by atoms with E-state index >= 15 is 0 Å². The number of halogens is 1. The number of H-pyrrole nitrogens is 1. The van der Waals surface area contributed by atoms with Gasteiger partial charge in [-0.1, -0.05) is 43.5 Å². The number of methoxy groups -OCH3 is 1. The van der Waals surface area contributed by atoms with Crippen LogP contribution in [0, 0.1) is 0 Å². The summed E-state index contributed by atoms with van der Waals surface area (Å²) in [5.41, 5.74) is 4.21. The van der Waals surface area contributed by atoms with Gasteiger partial charge in [-0.25, -0.2) is 0 Å². The number of ether oxygens (including phenoxy) is 1. The maximum atomic E-state index is 13.2. The van der Waals surface area contributed by atoms with Crippen molar-refractivity contribution in [2.45, 2.75) is 32.2 Å². The second-order valence-corrected chi connectivity index (χ2v) is 7.69. The number of aromatic nitrogens is 2. The van der Waals surface area contributed by atoms with Crippen LogP contribution in [0.25, 0.3) is 11.3 Å². The molecule has 0 bridgehead atoms. The number of aromatic amines is 1. The van der Waals surface area contributed by atoms with Gasteiger partial charge in [0.1, 0.15) is 11.4 Å². The van der Waals surface area contributed by atoms with Crippen molar-refractivity contribution >= 4 is 17.5 Å². The van der Waals surface area contributed by atoms with E-state index in [1.54, 1.807) is 7.11 Å². The number of carbonyl (C=O) groups is 1. The number of nitrogens with zero attached hydrogens (tertiary/aromatic N) is 2. The van der Waals surface area contributed by atoms with Gasteiger partial charge in [0.25, 0.3) is 5.91 Å². The van der Waals surface area contributed by atoms with Gasteiger partial charge in [0, 0.05) is 22.7 Å². The van der Waals surface area contributed by atoms with Crippen LogP contribution in [0.15, 0.2) is 48.5 Å². The van der Waals surface area contributed by atoms with Crippen LogP contribution in [0.5, 0.6) is 5.75 Å². The molecule has 3 aromatic rings. The molecule has 1 unspecified atom stereocenters. The summed E-state index contributed by atoms with van der Waals surface area (Å²) >= 11 is 6.28. The molecule has 1 aliphatic rings. The highest BCUT2D eigenvalue weighted by atomic mass is 35.5. The van der Waals surface area contributed by atoms with Crippen molar-refractivity contribution in [3.8, 4) is 17.0 Å². The van der Waals surface area contributed by atoms with Gasteiger partial charge >= 0.3 is 0 Å². The Kier molecular flexibility index (Phi) is 5.58. The van der Waals surface area contributed by atoms with Crippen LogP contribution in [-0.4, -0.2) is 34.7 Å². The highest BCUT2D eigenvalue weighted by molar-refractivity contribution is 6.30. The highest BCUT2D eigenvalue weighted by Gasteiger charge is 2.41. The summed E-state index contributed by atoms with van der Waals surface area (Å²) in [6, 6.07) is 15.3. The molecule has 1 N–H and O–H groups in total. The van der Waals surface area contributed by atoms with Crippen molar-refractivity contribution in [3.05, 3.63) is 70.4 Å². The molecule has 0 saturated carbocycles. The summed E-state index contributed by atoms with van der Waals surface area (Å²) < 4.78 is 5.27. The molecule has 0 saturated heterocycles. The average molecular weight is 410 g/mol. The molecule has 29 heavy (non-hydrogen) atoms. The number of rotatable bonds is 7. The van der Waals surface area contributed by atoms with Crippen LogP contribution in [-0.2, 0) is 0 Å². The van der Waals surface area contributed by atoms with Crippen molar-refractivity contribution in [1.82, 2.24) is 15.1 Å². The van der Waals surface area contributed by atoms with Crippen molar-refractivity contribution < 1.29 is 9.53 Å². The smallest absolute Gasteiger partial charge is 0.273 e. The zero-order chi connectivity index (χ0) is 20.4. The molecule has 1 aliphatic heterocycles. The molecule has 4 rings (SSSR count). The van der Waals surface area contributed by atoms with Crippen LogP contribution in [0.3, 0.4) is 0 Å². The van der Waals surface area contributed by atoms with E-state index in [0.29, 0.717) is 17.3 Å². The molecule has 1 aromatic heterocycles. The van der Waals surface area contributed by atoms with Crippen molar-refractivity contribution in [3.63, 3.8) is 0 Å². The molecule has 1 atom stereocenters.